The molecular weight excluding hydrogens is 609 g/mol. The minimum Gasteiger partial charge on any atom is -0.463 e. The Balaban J connectivity index is -0.0000000400. The van der Waals surface area contributed by atoms with Crippen molar-refractivity contribution in [3.05, 3.63) is 0 Å². The molecule has 0 radical (unpaired) electrons. The van der Waals surface area contributed by atoms with Gasteiger partial charge in [-0.25, -0.2) is 0 Å². The van der Waals surface area contributed by atoms with E-state index in [-0.39, 0.29) is 29.8 Å². The van der Waals surface area contributed by atoms with E-state index in [2.05, 4.69) is 62.5 Å². The molecule has 0 aliphatic heterocycles. The molecule has 0 aromatic heterocycles. The second-order valence-corrected chi connectivity index (χ2v) is 10.2. The van der Waals surface area contributed by atoms with Gasteiger partial charge in [-0.15, -0.1) is 0 Å². The van der Waals surface area contributed by atoms with Crippen LogP contribution in [0.5, 0.6) is 0 Å². The first-order chi connectivity index (χ1) is 21.9. The molecule has 2 unspecified atom stereocenters. The second-order valence-electron chi connectivity index (χ2n) is 9.71. The van der Waals surface area contributed by atoms with E-state index in [0.717, 1.165) is 6.42 Å². The Kier molecular flexibility index (Phi) is 148. The van der Waals surface area contributed by atoms with E-state index < -0.39 is 0 Å². The average Bonchev–Trinajstić information content (AvgIpc) is 3.83. The van der Waals surface area contributed by atoms with Crippen molar-refractivity contribution in [3.63, 3.8) is 0 Å². The fraction of sp³-hybridized carbons (Fsp3) is 0.974. The molecule has 1 saturated carbocycles. The number of unbranched alkanes of at least 4 members (excludes halogenated alkanes) is 4. The largest absolute Gasteiger partial charge is 0.463 e. The number of esters is 1. The third-order valence-corrected chi connectivity index (χ3v) is 4.26. The molecule has 7 nitrogen and oxygen atoms in total. The van der Waals surface area contributed by atoms with E-state index in [1.165, 1.54) is 64.2 Å². The summed E-state index contributed by atoms with van der Waals surface area (Å²) >= 11 is 0. The molecule has 1 aliphatic carbocycles. The zero-order valence-corrected chi connectivity index (χ0v) is 38.2. The van der Waals surface area contributed by atoms with Crippen LogP contribution in [-0.4, -0.2) is 74.6 Å². The zero-order chi connectivity index (χ0) is 39.3. The molecule has 0 amide bonds. The normalized spacial score (nSPS) is 10.5. The molecule has 0 spiro atoms. The van der Waals surface area contributed by atoms with Gasteiger partial charge in [0.1, 0.15) is 6.61 Å². The van der Waals surface area contributed by atoms with Gasteiger partial charge < -0.3 is 29.5 Å². The van der Waals surface area contributed by atoms with Crippen molar-refractivity contribution in [2.75, 3.05) is 41.5 Å². The summed E-state index contributed by atoms with van der Waals surface area (Å²) in [4.78, 5) is 13.0. The molecule has 2 atom stereocenters. The molecule has 3 N–H and O–H groups in total. The Morgan fingerprint density at radius 1 is 0.745 bits per heavy atom. The van der Waals surface area contributed by atoms with E-state index in [1.54, 1.807) is 21.0 Å². The number of aliphatic hydroxyl groups excluding tert-OH is 1. The minimum absolute atomic E-state index is 0. The summed E-state index contributed by atoms with van der Waals surface area (Å²) in [6.45, 7) is 37.3. The lowest BCUT2D eigenvalue weighted by atomic mass is 10.1. The Morgan fingerprint density at radius 2 is 1.02 bits per heavy atom. The van der Waals surface area contributed by atoms with Crippen LogP contribution >= 0.6 is 9.47 Å². The van der Waals surface area contributed by atoms with Crippen molar-refractivity contribution in [1.82, 2.24) is 4.90 Å². The monoisotopic (exact) mass is 710 g/mol. The van der Waals surface area contributed by atoms with E-state index in [0.29, 0.717) is 13.0 Å². The first kappa shape index (κ1) is 76.5. The number of nitrogens with zero attached hydrogens (tertiary/aromatic N) is 1. The molecule has 8 heteroatoms. The first-order valence-electron chi connectivity index (χ1n) is 19.2. The minimum atomic E-state index is -0.142. The van der Waals surface area contributed by atoms with Gasteiger partial charge in [-0.3, -0.25) is 4.79 Å². The average molecular weight is 710 g/mol. The summed E-state index contributed by atoms with van der Waals surface area (Å²) in [6.07, 6.45) is 14.3. The van der Waals surface area contributed by atoms with Crippen LogP contribution in [0.25, 0.3) is 0 Å². The summed E-state index contributed by atoms with van der Waals surface area (Å²) in [5.74, 6) is -0.142. The SMILES string of the molecule is CC.CC.CC.CC.CCC.CCCC.CCCC.CCCCCC1(OC(C)COC(=O)CC)CC1.CCO.CN(C)C.COP.O. The van der Waals surface area contributed by atoms with Crippen molar-refractivity contribution in [2.45, 2.75) is 213 Å². The molecule has 0 aromatic carbocycles. The smallest absolute Gasteiger partial charge is 0.305 e. The van der Waals surface area contributed by atoms with Crippen LogP contribution in [0.1, 0.15) is 202 Å². The quantitative estimate of drug-likeness (QED) is 0.130. The zero-order valence-electron chi connectivity index (χ0n) is 37.1. The van der Waals surface area contributed by atoms with E-state index >= 15 is 0 Å². The van der Waals surface area contributed by atoms with E-state index in [9.17, 15) is 4.79 Å². The molecule has 0 aromatic rings. The van der Waals surface area contributed by atoms with Gasteiger partial charge in [0, 0.05) is 20.1 Å². The topological polar surface area (TPSA) is 99.7 Å². The number of rotatable bonds is 11. The first-order valence-corrected chi connectivity index (χ1v) is 19.7. The molecule has 0 bridgehead atoms. The highest BCUT2D eigenvalue weighted by atomic mass is 31.0. The Hall–Kier alpha value is -0.300. The van der Waals surface area contributed by atoms with Gasteiger partial charge in [-0.1, -0.05) is 162 Å². The Morgan fingerprint density at radius 3 is 1.21 bits per heavy atom. The van der Waals surface area contributed by atoms with Crippen LogP contribution in [-0.2, 0) is 18.8 Å². The van der Waals surface area contributed by atoms with Crippen molar-refractivity contribution in [2.24, 2.45) is 0 Å². The van der Waals surface area contributed by atoms with Gasteiger partial charge >= 0.3 is 5.97 Å². The summed E-state index contributed by atoms with van der Waals surface area (Å²) in [5.41, 5.74) is 0.118. The lowest BCUT2D eigenvalue weighted by Crippen LogP contribution is -2.26. The fourth-order valence-electron chi connectivity index (χ4n) is 2.04. The number of aliphatic hydroxyl groups is 1. The maximum Gasteiger partial charge on any atom is 0.305 e. The molecule has 0 saturated heterocycles. The Labute approximate surface area is 304 Å². The van der Waals surface area contributed by atoms with E-state index in [1.807, 2.05) is 88.4 Å². The number of hydrogen-bond donors (Lipinski definition) is 1. The van der Waals surface area contributed by atoms with Crippen LogP contribution in [0.2, 0.25) is 0 Å². The van der Waals surface area contributed by atoms with Gasteiger partial charge in [0.05, 0.1) is 11.7 Å². The standard InChI is InChI=1S/C14H26O3.2C4H10.C3H9N.C3H8.C2H6O.4C2H6.CH5OP.H2O/c1-4-6-7-8-14(9-10-14)17-12(3)11-16-13(15)5-2;2*1-3-4-2;1-4(2)3;1-3-2;1-2-3;4*1-2;1-2-3;/h12H,4-11H2,1-3H3;2*3-4H2,1-2H3;1-3H3;3H2,1-2H3;3H,2H2,1H3;4*1-2H3;3H2,1H3;1H2. The third-order valence-electron chi connectivity index (χ3n) is 4.26. The van der Waals surface area contributed by atoms with E-state index in [4.69, 9.17) is 14.6 Å². The molecule has 1 aliphatic rings. The molecule has 1 rings (SSSR count). The van der Waals surface area contributed by atoms with Crippen LogP contribution in [0, 0.1) is 0 Å². The molecule has 1 fully saturated rings. The number of carbonyl (C=O) groups is 1. The number of carbonyl (C=O) groups excluding carboxylic acids is 1. The molecule has 0 heterocycles. The maximum absolute atomic E-state index is 11.0. The van der Waals surface area contributed by atoms with Crippen molar-refractivity contribution < 1.29 is 29.4 Å². The summed E-state index contributed by atoms with van der Waals surface area (Å²) in [5, 5.41) is 7.57. The predicted octanol–water partition coefficient (Wildman–Crippen LogP) is 12.4. The lowest BCUT2D eigenvalue weighted by Gasteiger charge is -2.21. The van der Waals surface area contributed by atoms with Gasteiger partial charge in [0.15, 0.2) is 0 Å². The highest BCUT2D eigenvalue weighted by Gasteiger charge is 2.44. The van der Waals surface area contributed by atoms with Crippen molar-refractivity contribution in [1.29, 1.82) is 0 Å². The number of ether oxygens (including phenoxy) is 2. The highest BCUT2D eigenvalue weighted by molar-refractivity contribution is 7.09. The second kappa shape index (κ2) is 90.9. The maximum atomic E-state index is 11.0. The highest BCUT2D eigenvalue weighted by Crippen LogP contribution is 2.44. The fourth-order valence-corrected chi connectivity index (χ4v) is 2.04. The van der Waals surface area contributed by atoms with Crippen LogP contribution in [0.3, 0.4) is 0 Å². The van der Waals surface area contributed by atoms with Crippen molar-refractivity contribution in [3.8, 4) is 0 Å². The van der Waals surface area contributed by atoms with Crippen LogP contribution in [0.4, 0.5) is 0 Å². The Bertz CT molecular complexity index is 371. The third kappa shape index (κ3) is 143. The van der Waals surface area contributed by atoms with Crippen LogP contribution in [0.15, 0.2) is 0 Å². The predicted molar refractivity (Wildman–Crippen MR) is 223 cm³/mol. The summed E-state index contributed by atoms with van der Waals surface area (Å²) in [6, 6.07) is 0. The molecule has 47 heavy (non-hydrogen) atoms. The molecule has 302 valence electrons. The van der Waals surface area contributed by atoms with Crippen molar-refractivity contribution >= 4 is 15.4 Å². The van der Waals surface area contributed by atoms with Gasteiger partial charge in [-0.2, -0.15) is 0 Å². The summed E-state index contributed by atoms with van der Waals surface area (Å²) < 4.78 is 15.3. The lowest BCUT2D eigenvalue weighted by molar-refractivity contribution is -0.149. The number of hydrogen-bond acceptors (Lipinski definition) is 6. The van der Waals surface area contributed by atoms with Gasteiger partial charge in [0.2, 0.25) is 0 Å². The summed E-state index contributed by atoms with van der Waals surface area (Å²) in [7, 11) is 9.67. The van der Waals surface area contributed by atoms with Crippen LogP contribution < -0.4 is 0 Å². The molecular formula is C39H100NO6P. The van der Waals surface area contributed by atoms with Gasteiger partial charge in [0.25, 0.3) is 0 Å². The van der Waals surface area contributed by atoms with Gasteiger partial charge in [-0.05, 0) is 63.7 Å².